The second-order valence-electron chi connectivity index (χ2n) is 11.2. The molecule has 0 spiro atoms. The van der Waals surface area contributed by atoms with E-state index in [0.29, 0.717) is 12.8 Å². The summed E-state index contributed by atoms with van der Waals surface area (Å²) < 4.78 is 0. The number of carboxylic acids is 1. The molecule has 0 aliphatic carbocycles. The van der Waals surface area contributed by atoms with Gasteiger partial charge in [0, 0.05) is 19.6 Å². The van der Waals surface area contributed by atoms with E-state index in [4.69, 9.17) is 40.1 Å². The predicted octanol–water partition coefficient (Wildman–Crippen LogP) is -5.46. The van der Waals surface area contributed by atoms with Gasteiger partial charge in [-0.1, -0.05) is 13.8 Å². The minimum absolute atomic E-state index is 0.0116. The van der Waals surface area contributed by atoms with Gasteiger partial charge in [0.15, 0.2) is 17.9 Å². The molecule has 0 bridgehead atoms. The van der Waals surface area contributed by atoms with Gasteiger partial charge in [0.05, 0.1) is 12.6 Å². The summed E-state index contributed by atoms with van der Waals surface area (Å²) in [7, 11) is 0. The predicted molar refractivity (Wildman–Crippen MR) is 180 cm³/mol. The number of carbonyl (C=O) groups excluding carboxylic acids is 4. The number of nitrogens with zero attached hydrogens (tertiary/aromatic N) is 3. The SMILES string of the molecule is CC(C)[C@H](N)C(=O)N[C@@H](CO)C(=O)N[C@@H](CCCN=C(N)N)C(=O)N[C@@H](CCCN=C(N)N)C(=O)N[C@@H](CCCCN=C(N)N)C(=O)O. The molecule has 21 nitrogen and oxygen atoms in total. The van der Waals surface area contributed by atoms with E-state index in [-0.39, 0.29) is 75.5 Å². The summed E-state index contributed by atoms with van der Waals surface area (Å²) in [6, 6.07) is -6.27. The average Bonchev–Trinajstić information content (AvgIpc) is 3.00. The number of hydrogen-bond donors (Lipinski definition) is 13. The molecule has 0 fully saturated rings. The van der Waals surface area contributed by atoms with Crippen LogP contribution in [0.5, 0.6) is 0 Å². The summed E-state index contributed by atoms with van der Waals surface area (Å²) in [4.78, 5) is 75.8. The molecule has 0 heterocycles. The molecule has 48 heavy (non-hydrogen) atoms. The Bertz CT molecular complexity index is 1140. The minimum Gasteiger partial charge on any atom is -0.480 e. The van der Waals surface area contributed by atoms with Gasteiger partial charge in [-0.2, -0.15) is 0 Å². The molecule has 0 saturated carbocycles. The quantitative estimate of drug-likeness (QED) is 0.0256. The highest BCUT2D eigenvalue weighted by Crippen LogP contribution is 2.07. The number of nitrogens with one attached hydrogen (secondary N) is 4. The normalized spacial score (nSPS) is 13.9. The number of hydrogen-bond acceptors (Lipinski definition) is 10. The summed E-state index contributed by atoms with van der Waals surface area (Å²) in [6.45, 7) is 3.07. The van der Waals surface area contributed by atoms with Crippen molar-refractivity contribution in [2.75, 3.05) is 26.2 Å². The van der Waals surface area contributed by atoms with Gasteiger partial charge in [-0.3, -0.25) is 34.2 Å². The molecule has 21 heteroatoms. The standard InChI is InChI=1S/C27H54N14O7/c1-14(2)19(28)23(46)41-18(13-42)22(45)39-15(8-5-11-36-26(31)32)20(43)38-16(9-6-12-37-27(33)34)21(44)40-17(24(47)48)7-3-4-10-35-25(29)30/h14-19,42H,3-13,28H2,1-2H3,(H,38,43)(H,39,45)(H,40,44)(H,41,46)(H,47,48)(H4,29,30,35)(H4,31,32,36)(H4,33,34,37)/t15-,16-,17-,18-,19-/m0/s1. The first-order chi connectivity index (χ1) is 22.5. The molecular formula is C27H54N14O7. The van der Waals surface area contributed by atoms with E-state index < -0.39 is 66.4 Å². The van der Waals surface area contributed by atoms with Crippen LogP contribution in [0.4, 0.5) is 0 Å². The Labute approximate surface area is 279 Å². The van der Waals surface area contributed by atoms with Crippen LogP contribution in [-0.4, -0.2) is 114 Å². The highest BCUT2D eigenvalue weighted by atomic mass is 16.4. The van der Waals surface area contributed by atoms with Crippen LogP contribution in [0.1, 0.15) is 58.8 Å². The lowest BCUT2D eigenvalue weighted by atomic mass is 10.0. The van der Waals surface area contributed by atoms with Gasteiger partial charge in [0.1, 0.15) is 24.2 Å². The highest BCUT2D eigenvalue weighted by molar-refractivity contribution is 5.95. The van der Waals surface area contributed by atoms with Gasteiger partial charge in [-0.25, -0.2) is 4.79 Å². The van der Waals surface area contributed by atoms with Gasteiger partial charge in [0.25, 0.3) is 0 Å². The smallest absolute Gasteiger partial charge is 0.326 e. The number of aliphatic carboxylic acids is 1. The largest absolute Gasteiger partial charge is 0.480 e. The van der Waals surface area contributed by atoms with Gasteiger partial charge in [0.2, 0.25) is 23.6 Å². The van der Waals surface area contributed by atoms with Crippen molar-refractivity contribution >= 4 is 47.5 Å². The van der Waals surface area contributed by atoms with Crippen LogP contribution < -0.4 is 61.4 Å². The van der Waals surface area contributed by atoms with Crippen molar-refractivity contribution in [3.8, 4) is 0 Å². The molecule has 0 aliphatic heterocycles. The lowest BCUT2D eigenvalue weighted by Crippen LogP contribution is -2.59. The fourth-order valence-electron chi connectivity index (χ4n) is 4.05. The van der Waals surface area contributed by atoms with Crippen molar-refractivity contribution in [3.05, 3.63) is 0 Å². The number of amides is 4. The van der Waals surface area contributed by atoms with Crippen LogP contribution in [0.3, 0.4) is 0 Å². The van der Waals surface area contributed by atoms with Crippen LogP contribution in [0.25, 0.3) is 0 Å². The maximum atomic E-state index is 13.5. The molecule has 20 N–H and O–H groups in total. The van der Waals surface area contributed by atoms with E-state index in [0.717, 1.165) is 0 Å². The number of rotatable bonds is 24. The molecule has 0 aromatic heterocycles. The molecular weight excluding hydrogens is 632 g/mol. The molecule has 274 valence electrons. The zero-order valence-electron chi connectivity index (χ0n) is 27.6. The third-order valence-electron chi connectivity index (χ3n) is 6.80. The zero-order valence-corrected chi connectivity index (χ0v) is 27.6. The van der Waals surface area contributed by atoms with E-state index in [1.54, 1.807) is 13.8 Å². The fourth-order valence-corrected chi connectivity index (χ4v) is 4.05. The average molecular weight is 687 g/mol. The second kappa shape index (κ2) is 23.4. The Hall–Kier alpha value is -4.92. The van der Waals surface area contributed by atoms with Gasteiger partial charge < -0.3 is 71.6 Å². The number of nitrogens with two attached hydrogens (primary N) is 7. The summed E-state index contributed by atoms with van der Waals surface area (Å²) in [5.74, 6) is -5.24. The monoisotopic (exact) mass is 686 g/mol. The molecule has 0 unspecified atom stereocenters. The van der Waals surface area contributed by atoms with E-state index >= 15 is 0 Å². The fraction of sp³-hybridized carbons (Fsp3) is 0.704. The third-order valence-corrected chi connectivity index (χ3v) is 6.80. The van der Waals surface area contributed by atoms with Gasteiger partial charge in [-0.05, 0) is 50.9 Å². The van der Waals surface area contributed by atoms with Crippen LogP contribution >= 0.6 is 0 Å². The third kappa shape index (κ3) is 18.9. The number of guanidine groups is 3. The van der Waals surface area contributed by atoms with E-state index in [1.807, 2.05) is 0 Å². The zero-order chi connectivity index (χ0) is 36.8. The lowest BCUT2D eigenvalue weighted by Gasteiger charge is -2.26. The Kier molecular flexibility index (Phi) is 21.0. The van der Waals surface area contributed by atoms with Crippen LogP contribution in [-0.2, 0) is 24.0 Å². The first-order valence-corrected chi connectivity index (χ1v) is 15.5. The Morgan fingerprint density at radius 1 is 0.562 bits per heavy atom. The number of aliphatic imine (C=N–C) groups is 3. The van der Waals surface area contributed by atoms with E-state index in [2.05, 4.69) is 36.2 Å². The Morgan fingerprint density at radius 2 is 0.917 bits per heavy atom. The topological polar surface area (TPSA) is 393 Å². The van der Waals surface area contributed by atoms with Crippen LogP contribution in [0, 0.1) is 5.92 Å². The molecule has 0 aliphatic rings. The minimum atomic E-state index is -1.45. The molecule has 5 atom stereocenters. The van der Waals surface area contributed by atoms with Gasteiger partial charge >= 0.3 is 5.97 Å². The number of carboxylic acid groups (broad SMARTS) is 1. The molecule has 0 rings (SSSR count). The molecule has 0 aromatic carbocycles. The van der Waals surface area contributed by atoms with Gasteiger partial charge in [-0.15, -0.1) is 0 Å². The van der Waals surface area contributed by atoms with Crippen molar-refractivity contribution < 1.29 is 34.2 Å². The first kappa shape index (κ1) is 43.1. The Balaban J connectivity index is 6.00. The molecule has 0 radical (unpaired) electrons. The number of aliphatic hydroxyl groups is 1. The first-order valence-electron chi connectivity index (χ1n) is 15.5. The van der Waals surface area contributed by atoms with Crippen molar-refractivity contribution in [3.63, 3.8) is 0 Å². The second-order valence-corrected chi connectivity index (χ2v) is 11.2. The van der Waals surface area contributed by atoms with Crippen LogP contribution in [0.2, 0.25) is 0 Å². The van der Waals surface area contributed by atoms with Crippen molar-refractivity contribution in [1.29, 1.82) is 0 Å². The summed E-state index contributed by atoms with van der Waals surface area (Å²) in [6.07, 6.45) is 1.24. The van der Waals surface area contributed by atoms with Crippen molar-refractivity contribution in [1.82, 2.24) is 21.3 Å². The Morgan fingerprint density at radius 3 is 1.29 bits per heavy atom. The maximum absolute atomic E-state index is 13.5. The van der Waals surface area contributed by atoms with Crippen molar-refractivity contribution in [2.45, 2.75) is 89.0 Å². The lowest BCUT2D eigenvalue weighted by molar-refractivity contribution is -0.142. The molecule has 0 aromatic rings. The number of carbonyl (C=O) groups is 5. The molecule has 0 saturated heterocycles. The summed E-state index contributed by atoms with van der Waals surface area (Å²) in [5, 5.41) is 29.3. The van der Waals surface area contributed by atoms with Crippen LogP contribution in [0.15, 0.2) is 15.0 Å². The summed E-state index contributed by atoms with van der Waals surface area (Å²) >= 11 is 0. The number of unbranched alkanes of at least 4 members (excludes halogenated alkanes) is 1. The molecule has 4 amide bonds. The van der Waals surface area contributed by atoms with E-state index in [9.17, 15) is 34.2 Å². The summed E-state index contributed by atoms with van der Waals surface area (Å²) in [5.41, 5.74) is 37.9. The maximum Gasteiger partial charge on any atom is 0.326 e. The van der Waals surface area contributed by atoms with E-state index in [1.165, 1.54) is 0 Å². The highest BCUT2D eigenvalue weighted by Gasteiger charge is 2.31. The number of aliphatic hydroxyl groups excluding tert-OH is 1. The van der Waals surface area contributed by atoms with Crippen molar-refractivity contribution in [2.24, 2.45) is 61.0 Å².